The molecule has 1 aliphatic heterocycles. The molecule has 6 heteroatoms. The standard InChI is InChI=1S/C22H26N2O3S/c25-22(24-14-16-27-17-15-24)23-20(12-11-19-7-3-1-4-8-19)13-18-28(26)21-9-5-2-6-10-21/h1-10,13,18,20H,11-12,14-17H2,(H,23,25)/b18-13+/t20-,28?/m0/s1. The molecule has 0 aromatic heterocycles. The Hall–Kier alpha value is -2.44. The van der Waals surface area contributed by atoms with Crippen molar-refractivity contribution in [2.75, 3.05) is 26.3 Å². The number of nitrogens with zero attached hydrogens (tertiary/aromatic N) is 1. The first-order valence-electron chi connectivity index (χ1n) is 9.53. The molecule has 148 valence electrons. The second kappa shape index (κ2) is 10.8. The van der Waals surface area contributed by atoms with Crippen LogP contribution in [0.1, 0.15) is 12.0 Å². The van der Waals surface area contributed by atoms with Gasteiger partial charge in [-0.25, -0.2) is 9.00 Å². The fourth-order valence-corrected chi connectivity index (χ4v) is 3.91. The van der Waals surface area contributed by atoms with Crippen molar-refractivity contribution in [2.45, 2.75) is 23.8 Å². The van der Waals surface area contributed by atoms with E-state index in [1.54, 1.807) is 10.3 Å². The van der Waals surface area contributed by atoms with Crippen LogP contribution in [0.3, 0.4) is 0 Å². The number of ether oxygens (including phenoxy) is 1. The quantitative estimate of drug-likeness (QED) is 0.778. The number of carbonyl (C=O) groups excluding carboxylic acids is 1. The minimum atomic E-state index is -1.24. The first kappa shape index (κ1) is 20.3. The van der Waals surface area contributed by atoms with Gasteiger partial charge < -0.3 is 15.0 Å². The number of aryl methyl sites for hydroxylation is 1. The van der Waals surface area contributed by atoms with Gasteiger partial charge in [-0.1, -0.05) is 54.6 Å². The smallest absolute Gasteiger partial charge is 0.318 e. The van der Waals surface area contributed by atoms with Crippen LogP contribution in [-0.2, 0) is 22.0 Å². The van der Waals surface area contributed by atoms with Crippen LogP contribution in [0.2, 0.25) is 0 Å². The molecule has 1 aliphatic rings. The highest BCUT2D eigenvalue weighted by Gasteiger charge is 2.19. The molecule has 2 amide bonds. The summed E-state index contributed by atoms with van der Waals surface area (Å²) in [5, 5.41) is 4.75. The van der Waals surface area contributed by atoms with Crippen molar-refractivity contribution in [3.63, 3.8) is 0 Å². The number of benzene rings is 2. The highest BCUT2D eigenvalue weighted by atomic mass is 32.2. The van der Waals surface area contributed by atoms with Crippen molar-refractivity contribution in [3.05, 3.63) is 77.7 Å². The average Bonchev–Trinajstić information content (AvgIpc) is 2.77. The first-order valence-corrected chi connectivity index (χ1v) is 10.7. The SMILES string of the molecule is O=C(N[C@H](/C=C/S(=O)c1ccccc1)CCc1ccccc1)N1CCOCC1. The monoisotopic (exact) mass is 398 g/mol. The third-order valence-corrected chi connectivity index (χ3v) is 5.75. The molecule has 0 spiro atoms. The second-order valence-corrected chi connectivity index (χ2v) is 7.96. The number of nitrogens with one attached hydrogen (secondary N) is 1. The van der Waals surface area contributed by atoms with Crippen LogP contribution in [0.4, 0.5) is 4.79 Å². The summed E-state index contributed by atoms with van der Waals surface area (Å²) in [6.07, 6.45) is 3.42. The molecule has 3 rings (SSSR count). The van der Waals surface area contributed by atoms with Gasteiger partial charge in [0, 0.05) is 23.4 Å². The summed E-state index contributed by atoms with van der Waals surface area (Å²) in [6, 6.07) is 19.2. The Morgan fingerprint density at radius 2 is 1.71 bits per heavy atom. The Bertz CT molecular complexity index is 790. The zero-order chi connectivity index (χ0) is 19.6. The lowest BCUT2D eigenvalue weighted by Gasteiger charge is -2.28. The van der Waals surface area contributed by atoms with Gasteiger partial charge in [0.1, 0.15) is 0 Å². The van der Waals surface area contributed by atoms with Crippen LogP contribution < -0.4 is 5.32 Å². The number of hydrogen-bond acceptors (Lipinski definition) is 3. The van der Waals surface area contributed by atoms with E-state index >= 15 is 0 Å². The summed E-state index contributed by atoms with van der Waals surface area (Å²) in [7, 11) is -1.24. The maximum atomic E-state index is 12.6. The zero-order valence-corrected chi connectivity index (χ0v) is 16.6. The van der Waals surface area contributed by atoms with Crippen molar-refractivity contribution < 1.29 is 13.7 Å². The number of hydrogen-bond donors (Lipinski definition) is 1. The molecule has 0 radical (unpaired) electrons. The Morgan fingerprint density at radius 1 is 1.07 bits per heavy atom. The van der Waals surface area contributed by atoms with Crippen molar-refractivity contribution in [1.82, 2.24) is 10.2 Å². The topological polar surface area (TPSA) is 58.6 Å². The average molecular weight is 399 g/mol. The lowest BCUT2D eigenvalue weighted by atomic mass is 10.1. The molecule has 0 saturated carbocycles. The second-order valence-electron chi connectivity index (χ2n) is 6.62. The van der Waals surface area contributed by atoms with Gasteiger partial charge in [0.2, 0.25) is 0 Å². The lowest BCUT2D eigenvalue weighted by Crippen LogP contribution is -2.48. The predicted molar refractivity (Wildman–Crippen MR) is 111 cm³/mol. The van der Waals surface area contributed by atoms with E-state index in [2.05, 4.69) is 17.4 Å². The molecule has 1 unspecified atom stereocenters. The van der Waals surface area contributed by atoms with Crippen molar-refractivity contribution in [2.24, 2.45) is 0 Å². The van der Waals surface area contributed by atoms with Gasteiger partial charge in [-0.2, -0.15) is 0 Å². The maximum absolute atomic E-state index is 12.6. The Balaban J connectivity index is 1.65. The van der Waals surface area contributed by atoms with E-state index in [9.17, 15) is 9.00 Å². The number of amides is 2. The summed E-state index contributed by atoms with van der Waals surface area (Å²) >= 11 is 0. The lowest BCUT2D eigenvalue weighted by molar-refractivity contribution is 0.0528. The number of urea groups is 1. The summed E-state index contributed by atoms with van der Waals surface area (Å²) < 4.78 is 17.8. The molecule has 2 aromatic rings. The summed E-state index contributed by atoms with van der Waals surface area (Å²) in [5.41, 5.74) is 1.21. The Kier molecular flexibility index (Phi) is 7.82. The molecule has 1 saturated heterocycles. The largest absolute Gasteiger partial charge is 0.378 e. The Labute approximate surface area is 168 Å². The third kappa shape index (κ3) is 6.32. The van der Waals surface area contributed by atoms with E-state index in [-0.39, 0.29) is 12.1 Å². The highest BCUT2D eigenvalue weighted by Crippen LogP contribution is 2.10. The van der Waals surface area contributed by atoms with E-state index < -0.39 is 10.8 Å². The van der Waals surface area contributed by atoms with Crippen molar-refractivity contribution in [3.8, 4) is 0 Å². The molecule has 1 fully saturated rings. The molecule has 2 aromatic carbocycles. The molecular formula is C22H26N2O3S. The number of morpholine rings is 1. The fraction of sp³-hybridized carbons (Fsp3) is 0.318. The Morgan fingerprint density at radius 3 is 2.39 bits per heavy atom. The molecular weight excluding hydrogens is 372 g/mol. The highest BCUT2D eigenvalue weighted by molar-refractivity contribution is 7.88. The summed E-state index contributed by atoms with van der Waals surface area (Å²) in [5.74, 6) is 0. The van der Waals surface area contributed by atoms with Crippen LogP contribution in [0, 0.1) is 0 Å². The minimum Gasteiger partial charge on any atom is -0.378 e. The molecule has 0 bridgehead atoms. The number of carbonyl (C=O) groups is 1. The van der Waals surface area contributed by atoms with E-state index in [1.165, 1.54) is 5.56 Å². The van der Waals surface area contributed by atoms with Gasteiger partial charge >= 0.3 is 6.03 Å². The molecule has 5 nitrogen and oxygen atoms in total. The van der Waals surface area contributed by atoms with E-state index in [1.807, 2.05) is 54.6 Å². The van der Waals surface area contributed by atoms with Crippen LogP contribution >= 0.6 is 0 Å². The predicted octanol–water partition coefficient (Wildman–Crippen LogP) is 3.35. The molecule has 0 aliphatic carbocycles. The van der Waals surface area contributed by atoms with Gasteiger partial charge in [-0.05, 0) is 30.5 Å². The van der Waals surface area contributed by atoms with Crippen LogP contribution in [0.25, 0.3) is 0 Å². The summed E-state index contributed by atoms with van der Waals surface area (Å²) in [6.45, 7) is 2.32. The van der Waals surface area contributed by atoms with Gasteiger partial charge in [0.15, 0.2) is 0 Å². The van der Waals surface area contributed by atoms with Gasteiger partial charge in [-0.3, -0.25) is 0 Å². The molecule has 28 heavy (non-hydrogen) atoms. The fourth-order valence-electron chi connectivity index (χ4n) is 3.00. The van der Waals surface area contributed by atoms with Crippen molar-refractivity contribution >= 4 is 16.8 Å². The van der Waals surface area contributed by atoms with Crippen LogP contribution in [-0.4, -0.2) is 47.5 Å². The molecule has 2 atom stereocenters. The van der Waals surface area contributed by atoms with Crippen LogP contribution in [0.15, 0.2) is 77.0 Å². The number of rotatable bonds is 7. The maximum Gasteiger partial charge on any atom is 0.318 e. The van der Waals surface area contributed by atoms with Crippen LogP contribution in [0.5, 0.6) is 0 Å². The van der Waals surface area contributed by atoms with E-state index in [0.717, 1.165) is 17.7 Å². The molecule has 1 heterocycles. The zero-order valence-electron chi connectivity index (χ0n) is 15.8. The summed E-state index contributed by atoms with van der Waals surface area (Å²) in [4.78, 5) is 15.1. The van der Waals surface area contributed by atoms with Gasteiger partial charge in [0.05, 0.1) is 30.1 Å². The van der Waals surface area contributed by atoms with Gasteiger partial charge in [0.25, 0.3) is 0 Å². The van der Waals surface area contributed by atoms with E-state index in [0.29, 0.717) is 26.3 Å². The minimum absolute atomic E-state index is 0.100. The van der Waals surface area contributed by atoms with Crippen molar-refractivity contribution in [1.29, 1.82) is 0 Å². The van der Waals surface area contributed by atoms with Gasteiger partial charge in [-0.15, -0.1) is 0 Å². The third-order valence-electron chi connectivity index (χ3n) is 4.60. The normalized spacial score (nSPS) is 16.6. The van der Waals surface area contributed by atoms with E-state index in [4.69, 9.17) is 4.74 Å². The first-order chi connectivity index (χ1) is 13.7. The molecule has 1 N–H and O–H groups in total.